The number of hydrogen-bond donors (Lipinski definition) is 1. The van der Waals surface area contributed by atoms with Crippen molar-refractivity contribution in [3.05, 3.63) is 18.3 Å². The molecular weight excluding hydrogens is 246 g/mol. The summed E-state index contributed by atoms with van der Waals surface area (Å²) in [6, 6.07) is 3.42. The van der Waals surface area contributed by atoms with Crippen LogP contribution in [0.3, 0.4) is 0 Å². The SMILES string of the molecule is COc1cc(N2CCN(C(C)C(=O)O)CC2)ccn1. The van der Waals surface area contributed by atoms with E-state index >= 15 is 0 Å². The van der Waals surface area contributed by atoms with Crippen LogP contribution in [0.5, 0.6) is 5.88 Å². The maximum Gasteiger partial charge on any atom is 0.320 e. The standard InChI is InChI=1S/C13H19N3O3/c1-10(13(17)18)15-5-7-16(8-6-15)11-3-4-14-12(9-11)19-2/h3-4,9-10H,5-8H2,1-2H3,(H,17,18). The van der Waals surface area contributed by atoms with Gasteiger partial charge in [-0.3, -0.25) is 9.69 Å². The highest BCUT2D eigenvalue weighted by Gasteiger charge is 2.25. The second-order valence-corrected chi connectivity index (χ2v) is 4.59. The van der Waals surface area contributed by atoms with Gasteiger partial charge in [-0.05, 0) is 13.0 Å². The van der Waals surface area contributed by atoms with Crippen LogP contribution >= 0.6 is 0 Å². The Morgan fingerprint density at radius 2 is 2.11 bits per heavy atom. The molecule has 0 amide bonds. The fraction of sp³-hybridized carbons (Fsp3) is 0.538. The Hall–Kier alpha value is -1.82. The van der Waals surface area contributed by atoms with Gasteiger partial charge in [0.15, 0.2) is 0 Å². The van der Waals surface area contributed by atoms with Crippen molar-refractivity contribution in [3.63, 3.8) is 0 Å². The van der Waals surface area contributed by atoms with Gasteiger partial charge in [0.2, 0.25) is 5.88 Å². The molecule has 0 spiro atoms. The Morgan fingerprint density at radius 3 is 2.68 bits per heavy atom. The molecule has 0 aromatic carbocycles. The van der Waals surface area contributed by atoms with Crippen LogP contribution in [0.1, 0.15) is 6.92 Å². The summed E-state index contributed by atoms with van der Waals surface area (Å²) in [7, 11) is 1.60. The molecule has 1 unspecified atom stereocenters. The second kappa shape index (κ2) is 5.88. The lowest BCUT2D eigenvalue weighted by atomic mass is 10.2. The van der Waals surface area contributed by atoms with E-state index in [4.69, 9.17) is 9.84 Å². The molecular formula is C13H19N3O3. The maximum absolute atomic E-state index is 11.0. The molecule has 2 heterocycles. The van der Waals surface area contributed by atoms with Crippen LogP contribution in [0, 0.1) is 0 Å². The van der Waals surface area contributed by atoms with E-state index in [2.05, 4.69) is 9.88 Å². The third-order valence-corrected chi connectivity index (χ3v) is 3.51. The number of hydrogen-bond acceptors (Lipinski definition) is 5. The van der Waals surface area contributed by atoms with Gasteiger partial charge in [-0.2, -0.15) is 0 Å². The molecule has 1 aliphatic heterocycles. The molecule has 104 valence electrons. The largest absolute Gasteiger partial charge is 0.481 e. The third-order valence-electron chi connectivity index (χ3n) is 3.51. The summed E-state index contributed by atoms with van der Waals surface area (Å²) in [6.45, 7) is 4.85. The molecule has 1 aliphatic rings. The number of pyridine rings is 1. The smallest absolute Gasteiger partial charge is 0.320 e. The molecule has 0 radical (unpaired) electrons. The van der Waals surface area contributed by atoms with Gasteiger partial charge in [0, 0.05) is 44.1 Å². The van der Waals surface area contributed by atoms with Gasteiger partial charge in [-0.25, -0.2) is 4.98 Å². The first-order valence-electron chi connectivity index (χ1n) is 6.33. The van der Waals surface area contributed by atoms with Crippen LogP contribution in [-0.4, -0.2) is 60.3 Å². The normalized spacial score (nSPS) is 18.1. The van der Waals surface area contributed by atoms with Crippen molar-refractivity contribution < 1.29 is 14.6 Å². The molecule has 6 heteroatoms. The number of rotatable bonds is 4. The van der Waals surface area contributed by atoms with E-state index in [9.17, 15) is 4.79 Å². The topological polar surface area (TPSA) is 65.9 Å². The molecule has 6 nitrogen and oxygen atoms in total. The number of methoxy groups -OCH3 is 1. The summed E-state index contributed by atoms with van der Waals surface area (Å²) in [5.74, 6) is -0.169. The van der Waals surface area contributed by atoms with Crippen LogP contribution in [0.4, 0.5) is 5.69 Å². The number of aromatic nitrogens is 1. The van der Waals surface area contributed by atoms with E-state index in [1.54, 1.807) is 20.2 Å². The number of nitrogens with zero attached hydrogens (tertiary/aromatic N) is 3. The molecule has 1 saturated heterocycles. The van der Waals surface area contributed by atoms with Crippen molar-refractivity contribution >= 4 is 11.7 Å². The average molecular weight is 265 g/mol. The van der Waals surface area contributed by atoms with Crippen LogP contribution < -0.4 is 9.64 Å². The fourth-order valence-electron chi connectivity index (χ4n) is 2.23. The van der Waals surface area contributed by atoms with Crippen LogP contribution in [-0.2, 0) is 4.79 Å². The molecule has 1 aromatic rings. The summed E-state index contributed by atoms with van der Waals surface area (Å²) < 4.78 is 5.11. The minimum absolute atomic E-state index is 0.422. The van der Waals surface area contributed by atoms with E-state index in [-0.39, 0.29) is 0 Å². The first kappa shape index (κ1) is 13.6. The van der Waals surface area contributed by atoms with Gasteiger partial charge >= 0.3 is 5.97 Å². The second-order valence-electron chi connectivity index (χ2n) is 4.59. The predicted molar refractivity (Wildman–Crippen MR) is 71.7 cm³/mol. The monoisotopic (exact) mass is 265 g/mol. The Morgan fingerprint density at radius 1 is 1.42 bits per heavy atom. The fourth-order valence-corrected chi connectivity index (χ4v) is 2.23. The minimum Gasteiger partial charge on any atom is -0.481 e. The third kappa shape index (κ3) is 3.14. The first-order valence-corrected chi connectivity index (χ1v) is 6.33. The lowest BCUT2D eigenvalue weighted by molar-refractivity contribution is -0.142. The Labute approximate surface area is 112 Å². The molecule has 0 aliphatic carbocycles. The quantitative estimate of drug-likeness (QED) is 0.864. The van der Waals surface area contributed by atoms with Crippen LogP contribution in [0.25, 0.3) is 0 Å². The van der Waals surface area contributed by atoms with Crippen molar-refractivity contribution in [2.75, 3.05) is 38.2 Å². The average Bonchev–Trinajstić information content (AvgIpc) is 2.46. The molecule has 0 saturated carbocycles. The van der Waals surface area contributed by atoms with Crippen molar-refractivity contribution in [2.24, 2.45) is 0 Å². The van der Waals surface area contributed by atoms with E-state index in [0.717, 1.165) is 31.9 Å². The lowest BCUT2D eigenvalue weighted by Crippen LogP contribution is -2.51. The van der Waals surface area contributed by atoms with E-state index in [1.165, 1.54) is 0 Å². The van der Waals surface area contributed by atoms with Crippen molar-refractivity contribution in [1.82, 2.24) is 9.88 Å². The highest BCUT2D eigenvalue weighted by molar-refractivity contribution is 5.72. The van der Waals surface area contributed by atoms with Crippen molar-refractivity contribution in [2.45, 2.75) is 13.0 Å². The summed E-state index contributed by atoms with van der Waals surface area (Å²) in [4.78, 5) is 19.2. The summed E-state index contributed by atoms with van der Waals surface area (Å²) >= 11 is 0. The van der Waals surface area contributed by atoms with Gasteiger partial charge < -0.3 is 14.7 Å². The highest BCUT2D eigenvalue weighted by Crippen LogP contribution is 2.20. The zero-order chi connectivity index (χ0) is 13.8. The Balaban J connectivity index is 1.97. The van der Waals surface area contributed by atoms with Gasteiger partial charge in [-0.1, -0.05) is 0 Å². The maximum atomic E-state index is 11.0. The van der Waals surface area contributed by atoms with Gasteiger partial charge in [0.1, 0.15) is 6.04 Å². The zero-order valence-electron chi connectivity index (χ0n) is 11.2. The molecule has 1 N–H and O–H groups in total. The van der Waals surface area contributed by atoms with E-state index in [0.29, 0.717) is 5.88 Å². The van der Waals surface area contributed by atoms with Gasteiger partial charge in [-0.15, -0.1) is 0 Å². The summed E-state index contributed by atoms with van der Waals surface area (Å²) in [6.07, 6.45) is 1.72. The molecule has 0 bridgehead atoms. The number of ether oxygens (including phenoxy) is 1. The number of piperazine rings is 1. The molecule has 19 heavy (non-hydrogen) atoms. The first-order chi connectivity index (χ1) is 9.11. The van der Waals surface area contributed by atoms with Crippen molar-refractivity contribution in [3.8, 4) is 5.88 Å². The Kier molecular flexibility index (Phi) is 4.21. The predicted octanol–water partition coefficient (Wildman–Crippen LogP) is 0.685. The van der Waals surface area contributed by atoms with E-state index in [1.807, 2.05) is 17.0 Å². The Bertz CT molecular complexity index is 445. The number of anilines is 1. The number of carbonyl (C=O) groups is 1. The minimum atomic E-state index is -0.765. The van der Waals surface area contributed by atoms with Crippen LogP contribution in [0.15, 0.2) is 18.3 Å². The summed E-state index contributed by atoms with van der Waals surface area (Å²) in [5, 5.41) is 9.01. The summed E-state index contributed by atoms with van der Waals surface area (Å²) in [5.41, 5.74) is 1.06. The number of aliphatic carboxylic acids is 1. The molecule has 1 fully saturated rings. The van der Waals surface area contributed by atoms with Gasteiger partial charge in [0.25, 0.3) is 0 Å². The van der Waals surface area contributed by atoms with E-state index < -0.39 is 12.0 Å². The number of carboxylic acids is 1. The highest BCUT2D eigenvalue weighted by atomic mass is 16.5. The number of carboxylic acid groups (broad SMARTS) is 1. The molecule has 1 atom stereocenters. The van der Waals surface area contributed by atoms with Crippen LogP contribution in [0.2, 0.25) is 0 Å². The molecule has 1 aromatic heterocycles. The molecule has 2 rings (SSSR count). The van der Waals surface area contributed by atoms with Crippen molar-refractivity contribution in [1.29, 1.82) is 0 Å². The zero-order valence-corrected chi connectivity index (χ0v) is 11.2. The lowest BCUT2D eigenvalue weighted by Gasteiger charge is -2.37. The van der Waals surface area contributed by atoms with Gasteiger partial charge in [0.05, 0.1) is 7.11 Å².